The molecule has 90 valence electrons. The van der Waals surface area contributed by atoms with Crippen LogP contribution in [0.25, 0.3) is 0 Å². The molecule has 0 aromatic rings. The molecule has 0 aromatic carbocycles. The van der Waals surface area contributed by atoms with Crippen LogP contribution in [0.15, 0.2) is 12.7 Å². The number of rotatable bonds is 5. The van der Waals surface area contributed by atoms with Crippen LogP contribution >= 0.6 is 0 Å². The normalized spacial score (nSPS) is 23.8. The molecule has 1 unspecified atom stereocenters. The summed E-state index contributed by atoms with van der Waals surface area (Å²) in [5.41, 5.74) is -0.515. The molecule has 1 aliphatic heterocycles. The molecule has 1 aliphatic rings. The van der Waals surface area contributed by atoms with E-state index in [2.05, 4.69) is 22.5 Å². The highest BCUT2D eigenvalue weighted by atomic mass is 16.2. The summed E-state index contributed by atoms with van der Waals surface area (Å²) in [6, 6.07) is 0. The summed E-state index contributed by atoms with van der Waals surface area (Å²) in [6.45, 7) is 6.64. The molecule has 1 heterocycles. The van der Waals surface area contributed by atoms with Gasteiger partial charge in [0.1, 0.15) is 0 Å². The van der Waals surface area contributed by atoms with Crippen molar-refractivity contribution in [2.24, 2.45) is 0 Å². The van der Waals surface area contributed by atoms with Crippen LogP contribution in [0.2, 0.25) is 0 Å². The molecule has 2 amide bonds. The van der Waals surface area contributed by atoms with Crippen LogP contribution in [0.1, 0.15) is 19.8 Å². The van der Waals surface area contributed by atoms with Gasteiger partial charge in [-0.15, -0.1) is 6.58 Å². The molecule has 0 saturated carbocycles. The van der Waals surface area contributed by atoms with Crippen molar-refractivity contribution in [1.29, 1.82) is 0 Å². The van der Waals surface area contributed by atoms with Crippen molar-refractivity contribution in [3.05, 3.63) is 12.7 Å². The Hall–Kier alpha value is -1.36. The largest absolute Gasteiger partial charge is 0.351 e. The monoisotopic (exact) mass is 225 g/mol. The third-order valence-electron chi connectivity index (χ3n) is 2.72. The van der Waals surface area contributed by atoms with Crippen LogP contribution < -0.4 is 16.0 Å². The van der Waals surface area contributed by atoms with Gasteiger partial charge in [0.05, 0.1) is 12.1 Å². The maximum atomic E-state index is 11.8. The Morgan fingerprint density at radius 1 is 1.50 bits per heavy atom. The Morgan fingerprint density at radius 3 is 2.81 bits per heavy atom. The highest BCUT2D eigenvalue weighted by Crippen LogP contribution is 2.17. The Morgan fingerprint density at radius 2 is 2.25 bits per heavy atom. The fraction of sp³-hybridized carbons (Fsp3) is 0.636. The van der Waals surface area contributed by atoms with Gasteiger partial charge in [0.2, 0.25) is 11.8 Å². The standard InChI is InChI=1S/C11H19N3O2/c1-3-6-12-9(15)8-13-10(16)11(2)5-4-7-14-11/h3,14H,1,4-8H2,2H3,(H,12,15)(H,13,16). The minimum absolute atomic E-state index is 0.0178. The van der Waals surface area contributed by atoms with Gasteiger partial charge in [0, 0.05) is 6.54 Å². The van der Waals surface area contributed by atoms with Crippen LogP contribution in [0.5, 0.6) is 0 Å². The van der Waals surface area contributed by atoms with E-state index in [-0.39, 0.29) is 18.4 Å². The van der Waals surface area contributed by atoms with E-state index in [1.54, 1.807) is 6.08 Å². The quantitative estimate of drug-likeness (QED) is 0.555. The highest BCUT2D eigenvalue weighted by molar-refractivity contribution is 5.90. The number of amides is 2. The third kappa shape index (κ3) is 3.34. The summed E-state index contributed by atoms with van der Waals surface area (Å²) in [5.74, 6) is -0.311. The van der Waals surface area contributed by atoms with E-state index < -0.39 is 5.54 Å². The molecule has 3 N–H and O–H groups in total. The van der Waals surface area contributed by atoms with Gasteiger partial charge in [0.25, 0.3) is 0 Å². The van der Waals surface area contributed by atoms with Crippen LogP contribution in [-0.4, -0.2) is 37.0 Å². The minimum atomic E-state index is -0.515. The molecule has 16 heavy (non-hydrogen) atoms. The number of nitrogens with one attached hydrogen (secondary N) is 3. The third-order valence-corrected chi connectivity index (χ3v) is 2.72. The van der Waals surface area contributed by atoms with Crippen molar-refractivity contribution >= 4 is 11.8 Å². The first kappa shape index (κ1) is 12.7. The molecule has 5 heteroatoms. The molecule has 0 aromatic heterocycles. The van der Waals surface area contributed by atoms with E-state index in [9.17, 15) is 9.59 Å². The van der Waals surface area contributed by atoms with Gasteiger partial charge in [0.15, 0.2) is 0 Å². The van der Waals surface area contributed by atoms with E-state index in [1.165, 1.54) is 0 Å². The molecule has 5 nitrogen and oxygen atoms in total. The maximum Gasteiger partial charge on any atom is 0.240 e. The second-order valence-corrected chi connectivity index (χ2v) is 4.14. The Kier molecular flexibility index (Phi) is 4.49. The van der Waals surface area contributed by atoms with Crippen molar-refractivity contribution in [3.8, 4) is 0 Å². The van der Waals surface area contributed by atoms with Crippen molar-refractivity contribution in [3.63, 3.8) is 0 Å². The fourth-order valence-corrected chi connectivity index (χ4v) is 1.69. The lowest BCUT2D eigenvalue weighted by Gasteiger charge is -2.22. The van der Waals surface area contributed by atoms with Crippen LogP contribution in [-0.2, 0) is 9.59 Å². The first-order chi connectivity index (χ1) is 7.58. The SMILES string of the molecule is C=CCNC(=O)CNC(=O)C1(C)CCCN1. The summed E-state index contributed by atoms with van der Waals surface area (Å²) in [7, 11) is 0. The van der Waals surface area contributed by atoms with Gasteiger partial charge in [-0.05, 0) is 26.3 Å². The smallest absolute Gasteiger partial charge is 0.240 e. The van der Waals surface area contributed by atoms with Crippen LogP contribution in [0, 0.1) is 0 Å². The average molecular weight is 225 g/mol. The molecule has 1 atom stereocenters. The molecular formula is C11H19N3O2. The Bertz CT molecular complexity index is 283. The summed E-state index contributed by atoms with van der Waals surface area (Å²) < 4.78 is 0. The Balaban J connectivity index is 2.29. The summed E-state index contributed by atoms with van der Waals surface area (Å²) in [4.78, 5) is 23.0. The molecule has 1 rings (SSSR count). The zero-order valence-electron chi connectivity index (χ0n) is 9.64. The molecule has 0 radical (unpaired) electrons. The minimum Gasteiger partial charge on any atom is -0.351 e. The molecule has 0 spiro atoms. The van der Waals surface area contributed by atoms with Gasteiger partial charge >= 0.3 is 0 Å². The van der Waals surface area contributed by atoms with Gasteiger partial charge in [-0.3, -0.25) is 9.59 Å². The summed E-state index contributed by atoms with van der Waals surface area (Å²) >= 11 is 0. The number of carbonyl (C=O) groups excluding carboxylic acids is 2. The lowest BCUT2D eigenvalue weighted by atomic mass is 9.99. The van der Waals surface area contributed by atoms with Gasteiger partial charge in [-0.2, -0.15) is 0 Å². The average Bonchev–Trinajstić information content (AvgIpc) is 2.71. The van der Waals surface area contributed by atoms with E-state index in [0.717, 1.165) is 19.4 Å². The number of hydrogen-bond acceptors (Lipinski definition) is 3. The molecular weight excluding hydrogens is 206 g/mol. The van der Waals surface area contributed by atoms with Crippen LogP contribution in [0.4, 0.5) is 0 Å². The predicted molar refractivity (Wildman–Crippen MR) is 61.9 cm³/mol. The maximum absolute atomic E-state index is 11.8. The molecule has 0 bridgehead atoms. The second kappa shape index (κ2) is 5.65. The lowest BCUT2D eigenvalue weighted by molar-refractivity contribution is -0.129. The molecule has 1 saturated heterocycles. The van der Waals surface area contributed by atoms with Gasteiger partial charge < -0.3 is 16.0 Å². The second-order valence-electron chi connectivity index (χ2n) is 4.14. The van der Waals surface area contributed by atoms with E-state index in [1.807, 2.05) is 6.92 Å². The van der Waals surface area contributed by atoms with Crippen molar-refractivity contribution in [2.45, 2.75) is 25.3 Å². The highest BCUT2D eigenvalue weighted by Gasteiger charge is 2.35. The number of carbonyl (C=O) groups is 2. The van der Waals surface area contributed by atoms with Gasteiger partial charge in [-0.25, -0.2) is 0 Å². The lowest BCUT2D eigenvalue weighted by Crippen LogP contribution is -2.53. The first-order valence-corrected chi connectivity index (χ1v) is 5.49. The first-order valence-electron chi connectivity index (χ1n) is 5.49. The zero-order chi connectivity index (χ0) is 12.0. The van der Waals surface area contributed by atoms with Crippen molar-refractivity contribution in [2.75, 3.05) is 19.6 Å². The van der Waals surface area contributed by atoms with Crippen molar-refractivity contribution < 1.29 is 9.59 Å². The Labute approximate surface area is 95.7 Å². The summed E-state index contributed by atoms with van der Waals surface area (Å²) in [5, 5.41) is 8.36. The van der Waals surface area contributed by atoms with E-state index in [4.69, 9.17) is 0 Å². The van der Waals surface area contributed by atoms with E-state index in [0.29, 0.717) is 6.54 Å². The fourth-order valence-electron chi connectivity index (χ4n) is 1.69. The predicted octanol–water partition coefficient (Wildman–Crippen LogP) is -0.453. The molecule has 0 aliphatic carbocycles. The van der Waals surface area contributed by atoms with E-state index >= 15 is 0 Å². The zero-order valence-corrected chi connectivity index (χ0v) is 9.64. The number of hydrogen-bond donors (Lipinski definition) is 3. The summed E-state index contributed by atoms with van der Waals surface area (Å²) in [6.07, 6.45) is 3.40. The van der Waals surface area contributed by atoms with Crippen LogP contribution in [0.3, 0.4) is 0 Å². The van der Waals surface area contributed by atoms with Crippen molar-refractivity contribution in [1.82, 2.24) is 16.0 Å². The molecule has 1 fully saturated rings. The van der Waals surface area contributed by atoms with Gasteiger partial charge in [-0.1, -0.05) is 6.08 Å². The topological polar surface area (TPSA) is 70.2 Å².